The predicted octanol–water partition coefficient (Wildman–Crippen LogP) is 3.37. The van der Waals surface area contributed by atoms with Gasteiger partial charge in [-0.05, 0) is 56.0 Å². The number of ether oxygens (including phenoxy) is 1. The highest BCUT2D eigenvalue weighted by Gasteiger charge is 2.23. The van der Waals surface area contributed by atoms with Crippen LogP contribution in [0.3, 0.4) is 0 Å². The van der Waals surface area contributed by atoms with Gasteiger partial charge in [0.2, 0.25) is 0 Å². The number of carbonyl (C=O) groups is 1. The fraction of sp³-hybridized carbons (Fsp3) is 0.318. The molecule has 0 bridgehead atoms. The highest BCUT2D eigenvalue weighted by molar-refractivity contribution is 5.94. The van der Waals surface area contributed by atoms with E-state index in [-0.39, 0.29) is 11.9 Å². The summed E-state index contributed by atoms with van der Waals surface area (Å²) in [4.78, 5) is 16.8. The predicted molar refractivity (Wildman–Crippen MR) is 110 cm³/mol. The minimum Gasteiger partial charge on any atom is -0.497 e. The summed E-state index contributed by atoms with van der Waals surface area (Å²) >= 11 is 0. The van der Waals surface area contributed by atoms with E-state index in [1.54, 1.807) is 25.4 Å². The van der Waals surface area contributed by atoms with Crippen LogP contribution in [0.15, 0.2) is 48.7 Å². The average molecular weight is 389 g/mol. The summed E-state index contributed by atoms with van der Waals surface area (Å²) in [7, 11) is 1.59. The Morgan fingerprint density at radius 2 is 1.93 bits per heavy atom. The molecule has 0 aliphatic heterocycles. The molecular weight excluding hydrogens is 366 g/mol. The van der Waals surface area contributed by atoms with E-state index < -0.39 is 0 Å². The fourth-order valence-electron chi connectivity index (χ4n) is 3.81. The van der Waals surface area contributed by atoms with Gasteiger partial charge < -0.3 is 15.4 Å². The number of hydrogen-bond acceptors (Lipinski definition) is 5. The number of nitrogens with zero attached hydrogens (tertiary/aromatic N) is 3. The quantitative estimate of drug-likeness (QED) is 0.698. The third kappa shape index (κ3) is 4.16. The van der Waals surface area contributed by atoms with Crippen molar-refractivity contribution in [3.8, 4) is 11.8 Å². The van der Waals surface area contributed by atoms with Crippen LogP contribution in [0, 0.1) is 11.3 Å². The molecule has 3 aromatic rings. The summed E-state index contributed by atoms with van der Waals surface area (Å²) in [6, 6.07) is 15.6. The van der Waals surface area contributed by atoms with Crippen molar-refractivity contribution in [1.82, 2.24) is 14.7 Å². The number of hydrogen-bond donors (Lipinski definition) is 2. The van der Waals surface area contributed by atoms with Crippen LogP contribution in [0.25, 0.3) is 5.65 Å². The summed E-state index contributed by atoms with van der Waals surface area (Å²) in [5, 5.41) is 15.8. The maximum absolute atomic E-state index is 12.5. The lowest BCUT2D eigenvalue weighted by molar-refractivity contribution is 0.0926. The molecule has 148 valence electrons. The highest BCUT2D eigenvalue weighted by Crippen LogP contribution is 2.24. The van der Waals surface area contributed by atoms with Crippen molar-refractivity contribution >= 4 is 17.4 Å². The molecule has 0 atom stereocenters. The van der Waals surface area contributed by atoms with Gasteiger partial charge in [-0.15, -0.1) is 0 Å². The Balaban J connectivity index is 1.34. The second-order valence-corrected chi connectivity index (χ2v) is 7.28. The molecule has 2 aromatic heterocycles. The number of carbonyl (C=O) groups excluding carboxylic acids is 1. The molecule has 1 aliphatic rings. The van der Waals surface area contributed by atoms with Crippen molar-refractivity contribution in [1.29, 1.82) is 5.26 Å². The molecule has 2 N–H and O–H groups in total. The van der Waals surface area contributed by atoms with Gasteiger partial charge in [0.15, 0.2) is 5.69 Å². The largest absolute Gasteiger partial charge is 0.497 e. The maximum Gasteiger partial charge on any atom is 0.251 e. The SMILES string of the molecule is COc1cccc(C(=O)N[C@H]2CC[C@@H](Nc3cccc4nc(C#N)cn34)CC2)c1. The first-order chi connectivity index (χ1) is 14.2. The van der Waals surface area contributed by atoms with Crippen molar-refractivity contribution in [2.24, 2.45) is 0 Å². The van der Waals surface area contributed by atoms with Crippen LogP contribution >= 0.6 is 0 Å². The Morgan fingerprint density at radius 1 is 1.17 bits per heavy atom. The monoisotopic (exact) mass is 389 g/mol. The molecule has 4 rings (SSSR count). The fourth-order valence-corrected chi connectivity index (χ4v) is 3.81. The lowest BCUT2D eigenvalue weighted by Crippen LogP contribution is -2.40. The summed E-state index contributed by atoms with van der Waals surface area (Å²) in [5.74, 6) is 1.55. The number of nitrogens with one attached hydrogen (secondary N) is 2. The number of benzene rings is 1. The molecule has 7 heteroatoms. The molecule has 1 saturated carbocycles. The number of amides is 1. The van der Waals surface area contributed by atoms with E-state index in [2.05, 4.69) is 21.7 Å². The van der Waals surface area contributed by atoms with Crippen molar-refractivity contribution in [2.75, 3.05) is 12.4 Å². The average Bonchev–Trinajstić information content (AvgIpc) is 3.19. The number of fused-ring (bicyclic) bond motifs is 1. The first kappa shape index (κ1) is 18.8. The highest BCUT2D eigenvalue weighted by atomic mass is 16.5. The molecule has 0 unspecified atom stereocenters. The molecule has 1 fully saturated rings. The number of imidazole rings is 1. The molecule has 0 radical (unpaired) electrons. The smallest absolute Gasteiger partial charge is 0.251 e. The van der Waals surface area contributed by atoms with Gasteiger partial charge in [0.25, 0.3) is 5.91 Å². The Kier molecular flexibility index (Phi) is 5.34. The zero-order valence-corrected chi connectivity index (χ0v) is 16.3. The Hall–Kier alpha value is -3.53. The van der Waals surface area contributed by atoms with Crippen molar-refractivity contribution in [2.45, 2.75) is 37.8 Å². The van der Waals surface area contributed by atoms with E-state index in [4.69, 9.17) is 10.00 Å². The van der Waals surface area contributed by atoms with Crippen LogP contribution in [-0.4, -0.2) is 34.5 Å². The minimum atomic E-state index is -0.0625. The molecule has 0 saturated heterocycles. The van der Waals surface area contributed by atoms with Crippen LogP contribution < -0.4 is 15.4 Å². The van der Waals surface area contributed by atoms with Crippen LogP contribution in [0.2, 0.25) is 0 Å². The standard InChI is InChI=1S/C22H23N5O2/c1-29-19-5-2-4-15(12-19)22(28)26-17-10-8-16(9-11-17)24-20-6-3-7-21-25-18(13-23)14-27(20)21/h2-7,12,14,16-17,24H,8-11H2,1H3,(H,26,28)/t16-,17+. The summed E-state index contributed by atoms with van der Waals surface area (Å²) < 4.78 is 7.10. The second-order valence-electron chi connectivity index (χ2n) is 7.28. The topological polar surface area (TPSA) is 91.4 Å². The van der Waals surface area contributed by atoms with Gasteiger partial charge in [0.1, 0.15) is 23.3 Å². The van der Waals surface area contributed by atoms with Crippen LogP contribution in [0.1, 0.15) is 41.7 Å². The van der Waals surface area contributed by atoms with Crippen LogP contribution in [0.5, 0.6) is 5.75 Å². The minimum absolute atomic E-state index is 0.0625. The molecule has 1 aromatic carbocycles. The van der Waals surface area contributed by atoms with Gasteiger partial charge in [-0.3, -0.25) is 9.20 Å². The lowest BCUT2D eigenvalue weighted by Gasteiger charge is -2.30. The Bertz CT molecular complexity index is 1060. The van der Waals surface area contributed by atoms with E-state index in [0.29, 0.717) is 23.0 Å². The van der Waals surface area contributed by atoms with Crippen molar-refractivity contribution in [3.05, 3.63) is 59.9 Å². The van der Waals surface area contributed by atoms with E-state index >= 15 is 0 Å². The van der Waals surface area contributed by atoms with Gasteiger partial charge in [-0.2, -0.15) is 5.26 Å². The van der Waals surface area contributed by atoms with E-state index in [9.17, 15) is 4.79 Å². The Labute approximate surface area is 169 Å². The van der Waals surface area contributed by atoms with Gasteiger partial charge in [-0.25, -0.2) is 4.98 Å². The summed E-state index contributed by atoms with van der Waals surface area (Å²) in [6.45, 7) is 0. The maximum atomic E-state index is 12.5. The van der Waals surface area contributed by atoms with E-state index in [1.807, 2.05) is 34.7 Å². The first-order valence-electron chi connectivity index (χ1n) is 9.76. The number of aromatic nitrogens is 2. The summed E-state index contributed by atoms with van der Waals surface area (Å²) in [5.41, 5.74) is 1.78. The second kappa shape index (κ2) is 8.23. The van der Waals surface area contributed by atoms with Crippen molar-refractivity contribution in [3.63, 3.8) is 0 Å². The molecule has 7 nitrogen and oxygen atoms in total. The number of nitriles is 1. The van der Waals surface area contributed by atoms with Gasteiger partial charge in [-0.1, -0.05) is 12.1 Å². The number of rotatable bonds is 5. The third-order valence-corrected chi connectivity index (χ3v) is 5.35. The van der Waals surface area contributed by atoms with Crippen LogP contribution in [-0.2, 0) is 0 Å². The number of pyridine rings is 1. The van der Waals surface area contributed by atoms with Gasteiger partial charge in [0, 0.05) is 23.8 Å². The zero-order valence-electron chi connectivity index (χ0n) is 16.3. The number of methoxy groups -OCH3 is 1. The lowest BCUT2D eigenvalue weighted by atomic mass is 9.91. The van der Waals surface area contributed by atoms with Crippen molar-refractivity contribution < 1.29 is 9.53 Å². The molecular formula is C22H23N5O2. The molecule has 0 spiro atoms. The normalized spacial score (nSPS) is 18.8. The molecule has 2 heterocycles. The summed E-state index contributed by atoms with van der Waals surface area (Å²) in [6.07, 6.45) is 5.49. The molecule has 29 heavy (non-hydrogen) atoms. The molecule has 1 aliphatic carbocycles. The zero-order chi connectivity index (χ0) is 20.2. The Morgan fingerprint density at radius 3 is 2.69 bits per heavy atom. The third-order valence-electron chi connectivity index (χ3n) is 5.35. The van der Waals surface area contributed by atoms with E-state index in [0.717, 1.165) is 37.1 Å². The van der Waals surface area contributed by atoms with Gasteiger partial charge >= 0.3 is 0 Å². The van der Waals surface area contributed by atoms with Crippen LogP contribution in [0.4, 0.5) is 5.82 Å². The van der Waals surface area contributed by atoms with E-state index in [1.165, 1.54) is 0 Å². The number of anilines is 1. The van der Waals surface area contributed by atoms with Gasteiger partial charge in [0.05, 0.1) is 7.11 Å². The first-order valence-corrected chi connectivity index (χ1v) is 9.76. The molecule has 1 amide bonds.